The number of hydrogen-bond acceptors (Lipinski definition) is 4. The summed E-state index contributed by atoms with van der Waals surface area (Å²) in [5.41, 5.74) is 2.92. The number of H-pyrrole nitrogens is 2. The summed E-state index contributed by atoms with van der Waals surface area (Å²) >= 11 is 0. The monoisotopic (exact) mass is 392 g/mol. The van der Waals surface area contributed by atoms with Crippen LogP contribution in [0.2, 0.25) is 0 Å². The number of fused-ring (bicyclic) bond motifs is 1. The summed E-state index contributed by atoms with van der Waals surface area (Å²) in [6, 6.07) is 21.9. The smallest absolute Gasteiger partial charge is 0.283 e. The van der Waals surface area contributed by atoms with Gasteiger partial charge in [-0.2, -0.15) is 4.98 Å². The van der Waals surface area contributed by atoms with Crippen molar-refractivity contribution in [1.82, 2.24) is 19.9 Å². The van der Waals surface area contributed by atoms with E-state index in [4.69, 9.17) is 0 Å². The lowest BCUT2D eigenvalue weighted by molar-refractivity contribution is 0.103. The third-order valence-electron chi connectivity index (χ3n) is 4.93. The van der Waals surface area contributed by atoms with Crippen LogP contribution in [-0.2, 0) is 0 Å². The number of nitrogens with one attached hydrogen (secondary N) is 2. The molecule has 0 bridgehead atoms. The Labute approximate surface area is 171 Å². The lowest BCUT2D eigenvalue weighted by atomic mass is 9.98. The molecule has 0 saturated carbocycles. The minimum Gasteiger partial charge on any atom is -0.337 e. The van der Waals surface area contributed by atoms with Crippen LogP contribution in [0, 0.1) is 0 Å². The third kappa shape index (κ3) is 3.00. The summed E-state index contributed by atoms with van der Waals surface area (Å²) in [6.07, 6.45) is 3.28. The summed E-state index contributed by atoms with van der Waals surface area (Å²) < 4.78 is 0. The first-order chi connectivity index (χ1) is 14.7. The molecule has 0 aliphatic rings. The summed E-state index contributed by atoms with van der Waals surface area (Å²) in [5, 5.41) is 0.355. The van der Waals surface area contributed by atoms with Crippen LogP contribution in [0.4, 0.5) is 0 Å². The third-order valence-corrected chi connectivity index (χ3v) is 4.93. The Bertz CT molecular complexity index is 1410. The zero-order valence-corrected chi connectivity index (χ0v) is 15.8. The van der Waals surface area contributed by atoms with Crippen LogP contribution in [0.1, 0.15) is 16.1 Å². The van der Waals surface area contributed by atoms with Crippen LogP contribution in [-0.4, -0.2) is 25.7 Å². The molecule has 30 heavy (non-hydrogen) atoms. The summed E-state index contributed by atoms with van der Waals surface area (Å²) in [6.45, 7) is 0. The quantitative estimate of drug-likeness (QED) is 0.448. The highest BCUT2D eigenvalue weighted by Gasteiger charge is 2.23. The predicted molar refractivity (Wildman–Crippen MR) is 115 cm³/mol. The molecule has 0 amide bonds. The highest BCUT2D eigenvalue weighted by atomic mass is 16.1. The number of nitrogens with zero attached hydrogens (tertiary/aromatic N) is 2. The molecule has 5 rings (SSSR count). The number of ketones is 1. The van der Waals surface area contributed by atoms with Gasteiger partial charge in [-0.1, -0.05) is 60.7 Å². The van der Waals surface area contributed by atoms with Crippen molar-refractivity contribution in [3.63, 3.8) is 0 Å². The van der Waals surface area contributed by atoms with E-state index in [9.17, 15) is 9.59 Å². The minimum absolute atomic E-state index is 0.193. The Kier molecular flexibility index (Phi) is 4.29. The first kappa shape index (κ1) is 17.8. The minimum atomic E-state index is -0.412. The van der Waals surface area contributed by atoms with Crippen molar-refractivity contribution < 1.29 is 4.79 Å². The Morgan fingerprint density at radius 3 is 2.20 bits per heavy atom. The maximum atomic E-state index is 13.3. The molecule has 0 aliphatic heterocycles. The zero-order valence-electron chi connectivity index (χ0n) is 15.8. The first-order valence-electron chi connectivity index (χ1n) is 9.44. The van der Waals surface area contributed by atoms with Gasteiger partial charge in [-0.3, -0.25) is 14.6 Å². The SMILES string of the molecule is O=C(c1ccccc1)c1[nH]c2[nH]c(-c3cccnc3)nc(=O)c2c1-c1ccccc1. The molecule has 0 unspecified atom stereocenters. The van der Waals surface area contributed by atoms with Gasteiger partial charge in [0, 0.05) is 29.1 Å². The van der Waals surface area contributed by atoms with Crippen molar-refractivity contribution in [1.29, 1.82) is 0 Å². The molecule has 2 aromatic carbocycles. The fraction of sp³-hybridized carbons (Fsp3) is 0. The van der Waals surface area contributed by atoms with Crippen LogP contribution in [0.25, 0.3) is 33.5 Å². The largest absolute Gasteiger partial charge is 0.337 e. The second kappa shape index (κ2) is 7.25. The van der Waals surface area contributed by atoms with Gasteiger partial charge in [0.1, 0.15) is 11.5 Å². The number of benzene rings is 2. The maximum absolute atomic E-state index is 13.3. The van der Waals surface area contributed by atoms with E-state index in [1.807, 2.05) is 54.6 Å². The second-order valence-corrected chi connectivity index (χ2v) is 6.82. The number of rotatable bonds is 4. The van der Waals surface area contributed by atoms with Gasteiger partial charge in [-0.25, -0.2) is 0 Å². The first-order valence-corrected chi connectivity index (χ1v) is 9.44. The van der Waals surface area contributed by atoms with Gasteiger partial charge in [-0.05, 0) is 17.7 Å². The lowest BCUT2D eigenvalue weighted by Crippen LogP contribution is -2.09. The summed E-state index contributed by atoms with van der Waals surface area (Å²) in [4.78, 5) is 41.0. The highest BCUT2D eigenvalue weighted by molar-refractivity contribution is 6.16. The molecule has 3 aromatic heterocycles. The van der Waals surface area contributed by atoms with E-state index >= 15 is 0 Å². The topological polar surface area (TPSA) is 91.5 Å². The molecule has 0 spiro atoms. The average Bonchev–Trinajstić information content (AvgIpc) is 3.20. The van der Waals surface area contributed by atoms with Gasteiger partial charge in [0.05, 0.1) is 11.1 Å². The molecule has 3 heterocycles. The normalized spacial score (nSPS) is 10.9. The summed E-state index contributed by atoms with van der Waals surface area (Å²) in [7, 11) is 0. The van der Waals surface area contributed by atoms with Crippen LogP contribution >= 0.6 is 0 Å². The van der Waals surface area contributed by atoms with Crippen LogP contribution in [0.3, 0.4) is 0 Å². The lowest BCUT2D eigenvalue weighted by Gasteiger charge is -2.04. The van der Waals surface area contributed by atoms with Crippen molar-refractivity contribution >= 4 is 16.8 Å². The fourth-order valence-corrected chi connectivity index (χ4v) is 3.55. The molecular formula is C24H16N4O2. The van der Waals surface area contributed by atoms with Crippen molar-refractivity contribution in [2.24, 2.45) is 0 Å². The van der Waals surface area contributed by atoms with Crippen LogP contribution in [0.15, 0.2) is 90.0 Å². The molecular weight excluding hydrogens is 376 g/mol. The molecule has 5 aromatic rings. The molecule has 6 nitrogen and oxygen atoms in total. The van der Waals surface area contributed by atoms with Crippen molar-refractivity contribution in [2.45, 2.75) is 0 Å². The highest BCUT2D eigenvalue weighted by Crippen LogP contribution is 2.31. The zero-order chi connectivity index (χ0) is 20.5. The van der Waals surface area contributed by atoms with Gasteiger partial charge in [0.15, 0.2) is 0 Å². The molecule has 0 saturated heterocycles. The van der Waals surface area contributed by atoms with E-state index in [0.717, 1.165) is 5.56 Å². The average molecular weight is 392 g/mol. The van der Waals surface area contributed by atoms with E-state index in [0.29, 0.717) is 39.2 Å². The Morgan fingerprint density at radius 1 is 0.800 bits per heavy atom. The van der Waals surface area contributed by atoms with Crippen molar-refractivity contribution in [3.05, 3.63) is 107 Å². The Morgan fingerprint density at radius 2 is 1.50 bits per heavy atom. The number of carbonyl (C=O) groups is 1. The van der Waals surface area contributed by atoms with Crippen LogP contribution in [0.5, 0.6) is 0 Å². The van der Waals surface area contributed by atoms with E-state index in [1.54, 1.807) is 30.6 Å². The number of aromatic nitrogens is 4. The van der Waals surface area contributed by atoms with E-state index < -0.39 is 5.56 Å². The van der Waals surface area contributed by atoms with Gasteiger partial charge in [-0.15, -0.1) is 0 Å². The van der Waals surface area contributed by atoms with E-state index in [1.165, 1.54) is 0 Å². The molecule has 2 N–H and O–H groups in total. The maximum Gasteiger partial charge on any atom is 0.283 e. The Hall–Kier alpha value is -4.32. The number of pyridine rings is 1. The van der Waals surface area contributed by atoms with Gasteiger partial charge in [0.2, 0.25) is 5.78 Å². The van der Waals surface area contributed by atoms with Gasteiger partial charge < -0.3 is 9.97 Å². The molecule has 0 fully saturated rings. The Balaban J connectivity index is 1.80. The molecule has 0 atom stereocenters. The molecule has 6 heteroatoms. The van der Waals surface area contributed by atoms with Crippen molar-refractivity contribution in [2.75, 3.05) is 0 Å². The van der Waals surface area contributed by atoms with E-state index in [-0.39, 0.29) is 5.78 Å². The van der Waals surface area contributed by atoms with Crippen molar-refractivity contribution in [3.8, 4) is 22.5 Å². The molecule has 144 valence electrons. The van der Waals surface area contributed by atoms with Crippen LogP contribution < -0.4 is 5.56 Å². The standard InChI is InChI=1S/C24H16N4O2/c29-21(16-10-5-2-6-11-16)20-18(15-8-3-1-4-9-15)19-23(26-20)27-22(28-24(19)30)17-12-7-13-25-14-17/h1-14H,(H2,26,27,28,30). The number of carbonyl (C=O) groups excluding carboxylic acids is 1. The van der Waals surface area contributed by atoms with E-state index in [2.05, 4.69) is 19.9 Å². The fourth-order valence-electron chi connectivity index (χ4n) is 3.55. The van der Waals surface area contributed by atoms with Gasteiger partial charge in [0.25, 0.3) is 5.56 Å². The molecule has 0 radical (unpaired) electrons. The number of aromatic amines is 2. The summed E-state index contributed by atoms with van der Waals surface area (Å²) in [5.74, 6) is 0.196. The number of hydrogen-bond donors (Lipinski definition) is 2. The second-order valence-electron chi connectivity index (χ2n) is 6.82. The molecule has 0 aliphatic carbocycles. The van der Waals surface area contributed by atoms with Gasteiger partial charge >= 0.3 is 0 Å². The predicted octanol–water partition coefficient (Wildman–Crippen LogP) is 4.21.